The van der Waals surface area contributed by atoms with Crippen LogP contribution in [-0.2, 0) is 5.41 Å². The molecule has 246 valence electrons. The lowest BCUT2D eigenvalue weighted by atomic mass is 9.70. The van der Waals surface area contributed by atoms with E-state index in [1.54, 1.807) is 0 Å². The smallest absolute Gasteiger partial charge is 0.165 e. The Labute approximate surface area is 308 Å². The Balaban J connectivity index is 1.24. The van der Waals surface area contributed by atoms with Gasteiger partial charge in [0, 0.05) is 16.7 Å². The van der Waals surface area contributed by atoms with Crippen LogP contribution in [0.15, 0.2) is 188 Å². The van der Waals surface area contributed by atoms with Crippen LogP contribution in [0.1, 0.15) is 22.3 Å². The van der Waals surface area contributed by atoms with E-state index in [-0.39, 0.29) is 0 Å². The fraction of sp³-hybridized carbons (Fsp3) is 0.0200. The number of rotatable bonds is 4. The second-order valence-corrected chi connectivity index (χ2v) is 13.9. The SMILES string of the molecule is c1ccc(-c2nc(-c3ccccc3)nc(-c3c(-c4cccc5c4-c4ccccc4C54c5ccccc5-c5ccccc54)ccc4ccccc34)n2)cc1. The number of aromatic nitrogens is 3. The van der Waals surface area contributed by atoms with Crippen LogP contribution in [0, 0.1) is 0 Å². The standard InChI is InChI=1S/C50H31N3/c1-3-17-33(18-4-1)47-51-48(34-19-5-2-6-20-34)53-49(52-47)46-35-21-8-7-16-32(35)30-31-39(46)38-25-15-29-44-45(38)40-24-11-14-28-43(40)50(44)41-26-12-9-22-36(41)37-23-10-13-27-42(37)50/h1-31H. The maximum Gasteiger partial charge on any atom is 0.165 e. The summed E-state index contributed by atoms with van der Waals surface area (Å²) >= 11 is 0. The molecule has 0 N–H and O–H groups in total. The van der Waals surface area contributed by atoms with Gasteiger partial charge in [0.25, 0.3) is 0 Å². The summed E-state index contributed by atoms with van der Waals surface area (Å²) in [5, 5.41) is 2.24. The molecule has 0 fully saturated rings. The first-order chi connectivity index (χ1) is 26.3. The van der Waals surface area contributed by atoms with E-state index < -0.39 is 5.41 Å². The lowest BCUT2D eigenvalue weighted by Crippen LogP contribution is -2.25. The predicted octanol–water partition coefficient (Wildman–Crippen LogP) is 12.0. The van der Waals surface area contributed by atoms with Crippen LogP contribution in [0.2, 0.25) is 0 Å². The van der Waals surface area contributed by atoms with Crippen molar-refractivity contribution in [3.8, 4) is 67.5 Å². The van der Waals surface area contributed by atoms with E-state index in [0.717, 1.165) is 38.6 Å². The summed E-state index contributed by atoms with van der Waals surface area (Å²) in [6, 6.07) is 67.3. The van der Waals surface area contributed by atoms with Gasteiger partial charge in [-0.1, -0.05) is 188 Å². The Morgan fingerprint density at radius 1 is 0.283 bits per heavy atom. The number of hydrogen-bond acceptors (Lipinski definition) is 3. The molecule has 1 aromatic heterocycles. The van der Waals surface area contributed by atoms with Gasteiger partial charge in [-0.2, -0.15) is 0 Å². The first kappa shape index (κ1) is 29.7. The number of nitrogens with zero attached hydrogens (tertiary/aromatic N) is 3. The van der Waals surface area contributed by atoms with Crippen molar-refractivity contribution in [3.63, 3.8) is 0 Å². The zero-order valence-electron chi connectivity index (χ0n) is 28.7. The summed E-state index contributed by atoms with van der Waals surface area (Å²) in [4.78, 5) is 15.6. The van der Waals surface area contributed by atoms with E-state index in [1.807, 2.05) is 36.4 Å². The molecule has 2 aliphatic carbocycles. The molecule has 0 amide bonds. The van der Waals surface area contributed by atoms with Crippen LogP contribution < -0.4 is 0 Å². The lowest BCUT2D eigenvalue weighted by Gasteiger charge is -2.30. The normalized spacial score (nSPS) is 13.1. The van der Waals surface area contributed by atoms with E-state index in [1.165, 1.54) is 44.5 Å². The summed E-state index contributed by atoms with van der Waals surface area (Å²) in [5.41, 5.74) is 15.1. The molecular weight excluding hydrogens is 643 g/mol. The predicted molar refractivity (Wildman–Crippen MR) is 215 cm³/mol. The van der Waals surface area contributed by atoms with Gasteiger partial charge in [0.15, 0.2) is 17.5 Å². The molecule has 11 rings (SSSR count). The molecule has 3 heteroatoms. The Morgan fingerprint density at radius 2 is 0.736 bits per heavy atom. The van der Waals surface area contributed by atoms with Crippen LogP contribution in [0.3, 0.4) is 0 Å². The largest absolute Gasteiger partial charge is 0.208 e. The van der Waals surface area contributed by atoms with Crippen LogP contribution in [0.25, 0.3) is 78.3 Å². The Morgan fingerprint density at radius 3 is 1.38 bits per heavy atom. The van der Waals surface area contributed by atoms with Crippen molar-refractivity contribution in [2.45, 2.75) is 5.41 Å². The highest BCUT2D eigenvalue weighted by Gasteiger charge is 2.52. The van der Waals surface area contributed by atoms with Gasteiger partial charge >= 0.3 is 0 Å². The number of hydrogen-bond donors (Lipinski definition) is 0. The fourth-order valence-corrected chi connectivity index (χ4v) is 9.03. The zero-order chi connectivity index (χ0) is 34.9. The van der Waals surface area contributed by atoms with Crippen molar-refractivity contribution in [2.75, 3.05) is 0 Å². The van der Waals surface area contributed by atoms with Gasteiger partial charge in [-0.05, 0) is 66.4 Å². The monoisotopic (exact) mass is 673 g/mol. The molecule has 1 spiro atoms. The second kappa shape index (κ2) is 11.5. The minimum atomic E-state index is -0.430. The Bertz CT molecular complexity index is 2790. The van der Waals surface area contributed by atoms with Crippen molar-refractivity contribution >= 4 is 10.8 Å². The molecule has 3 nitrogen and oxygen atoms in total. The van der Waals surface area contributed by atoms with Crippen LogP contribution in [-0.4, -0.2) is 15.0 Å². The molecule has 0 saturated carbocycles. The van der Waals surface area contributed by atoms with Crippen LogP contribution in [0.5, 0.6) is 0 Å². The van der Waals surface area contributed by atoms with Gasteiger partial charge < -0.3 is 0 Å². The van der Waals surface area contributed by atoms with Crippen molar-refractivity contribution in [3.05, 3.63) is 210 Å². The highest BCUT2D eigenvalue weighted by atomic mass is 15.0. The molecule has 0 radical (unpaired) electrons. The quantitative estimate of drug-likeness (QED) is 0.187. The Kier molecular flexibility index (Phi) is 6.47. The molecule has 0 unspecified atom stereocenters. The third-order valence-electron chi connectivity index (χ3n) is 11.2. The molecule has 0 saturated heterocycles. The molecule has 2 aliphatic rings. The summed E-state index contributed by atoms with van der Waals surface area (Å²) < 4.78 is 0. The Hall–Kier alpha value is -6.97. The topological polar surface area (TPSA) is 38.7 Å². The molecule has 8 aromatic carbocycles. The lowest BCUT2D eigenvalue weighted by molar-refractivity contribution is 0.794. The van der Waals surface area contributed by atoms with Crippen LogP contribution >= 0.6 is 0 Å². The fourth-order valence-electron chi connectivity index (χ4n) is 9.03. The van der Waals surface area contributed by atoms with E-state index in [9.17, 15) is 0 Å². The minimum Gasteiger partial charge on any atom is -0.208 e. The van der Waals surface area contributed by atoms with Gasteiger partial charge in [0.1, 0.15) is 0 Å². The number of fused-ring (bicyclic) bond motifs is 11. The molecular formula is C50H31N3. The maximum absolute atomic E-state index is 5.28. The minimum absolute atomic E-state index is 0.430. The average molecular weight is 674 g/mol. The second-order valence-electron chi connectivity index (χ2n) is 13.9. The molecule has 53 heavy (non-hydrogen) atoms. The van der Waals surface area contributed by atoms with Gasteiger partial charge in [-0.25, -0.2) is 15.0 Å². The summed E-state index contributed by atoms with van der Waals surface area (Å²) in [5.74, 6) is 1.95. The van der Waals surface area contributed by atoms with E-state index in [0.29, 0.717) is 17.5 Å². The van der Waals surface area contributed by atoms with Gasteiger partial charge in [0.2, 0.25) is 0 Å². The van der Waals surface area contributed by atoms with Crippen molar-refractivity contribution in [1.82, 2.24) is 15.0 Å². The third-order valence-corrected chi connectivity index (χ3v) is 11.2. The molecule has 9 aromatic rings. The molecule has 1 heterocycles. The molecule has 0 aliphatic heterocycles. The first-order valence-electron chi connectivity index (χ1n) is 18.1. The highest BCUT2D eigenvalue weighted by molar-refractivity contribution is 6.07. The van der Waals surface area contributed by atoms with Crippen molar-refractivity contribution in [1.29, 1.82) is 0 Å². The summed E-state index contributed by atoms with van der Waals surface area (Å²) in [6.07, 6.45) is 0. The highest BCUT2D eigenvalue weighted by Crippen LogP contribution is 2.64. The van der Waals surface area contributed by atoms with Gasteiger partial charge in [0.05, 0.1) is 5.41 Å². The average Bonchev–Trinajstić information content (AvgIpc) is 3.71. The maximum atomic E-state index is 5.28. The number of benzene rings is 8. The summed E-state index contributed by atoms with van der Waals surface area (Å²) in [6.45, 7) is 0. The van der Waals surface area contributed by atoms with Crippen molar-refractivity contribution < 1.29 is 0 Å². The van der Waals surface area contributed by atoms with E-state index >= 15 is 0 Å². The van der Waals surface area contributed by atoms with Gasteiger partial charge in [-0.3, -0.25) is 0 Å². The van der Waals surface area contributed by atoms with E-state index in [2.05, 4.69) is 152 Å². The van der Waals surface area contributed by atoms with E-state index in [4.69, 9.17) is 15.0 Å². The third kappa shape index (κ3) is 4.25. The summed E-state index contributed by atoms with van der Waals surface area (Å²) in [7, 11) is 0. The van der Waals surface area contributed by atoms with Crippen molar-refractivity contribution in [2.24, 2.45) is 0 Å². The first-order valence-corrected chi connectivity index (χ1v) is 18.1. The molecule has 0 bridgehead atoms. The van der Waals surface area contributed by atoms with Crippen LogP contribution in [0.4, 0.5) is 0 Å². The zero-order valence-corrected chi connectivity index (χ0v) is 28.7. The van der Waals surface area contributed by atoms with Gasteiger partial charge in [-0.15, -0.1) is 0 Å². The molecule has 0 atom stereocenters.